The lowest BCUT2D eigenvalue weighted by molar-refractivity contribution is -0.385. The SMILES string of the molecule is COC(=O)c1ccc2c(C3CCCCC3)c3n(c2c1)CCOc1c-3cccc1[N+](=O)[O-]. The molecule has 2 heterocycles. The summed E-state index contributed by atoms with van der Waals surface area (Å²) in [5.41, 5.74) is 4.39. The monoisotopic (exact) mass is 420 g/mol. The number of hydrogen-bond donors (Lipinski definition) is 0. The number of benzene rings is 2. The lowest BCUT2D eigenvalue weighted by Gasteiger charge is -2.23. The summed E-state index contributed by atoms with van der Waals surface area (Å²) in [6.07, 6.45) is 5.78. The van der Waals surface area contributed by atoms with Crippen LogP contribution in [0.25, 0.3) is 22.2 Å². The molecule has 0 amide bonds. The Morgan fingerprint density at radius 3 is 2.74 bits per heavy atom. The molecule has 1 fully saturated rings. The van der Waals surface area contributed by atoms with E-state index in [1.165, 1.54) is 38.0 Å². The molecule has 2 aromatic carbocycles. The van der Waals surface area contributed by atoms with Crippen molar-refractivity contribution in [1.29, 1.82) is 0 Å². The van der Waals surface area contributed by atoms with Crippen molar-refractivity contribution < 1.29 is 19.2 Å². The van der Waals surface area contributed by atoms with Crippen molar-refractivity contribution in [1.82, 2.24) is 4.57 Å². The largest absolute Gasteiger partial charge is 0.484 e. The number of rotatable bonds is 3. The van der Waals surface area contributed by atoms with Crippen molar-refractivity contribution in [2.24, 2.45) is 0 Å². The first-order valence-corrected chi connectivity index (χ1v) is 10.7. The molecular weight excluding hydrogens is 396 g/mol. The fourth-order valence-electron chi connectivity index (χ4n) is 5.19. The zero-order valence-electron chi connectivity index (χ0n) is 17.4. The molecule has 0 N–H and O–H groups in total. The van der Waals surface area contributed by atoms with Crippen LogP contribution in [0.2, 0.25) is 0 Å². The van der Waals surface area contributed by atoms with Crippen molar-refractivity contribution in [3.05, 3.63) is 57.6 Å². The lowest BCUT2D eigenvalue weighted by atomic mass is 9.81. The van der Waals surface area contributed by atoms with Gasteiger partial charge in [0.25, 0.3) is 0 Å². The predicted octanol–water partition coefficient (Wildman–Crippen LogP) is 5.44. The molecule has 0 radical (unpaired) electrons. The van der Waals surface area contributed by atoms with E-state index in [4.69, 9.17) is 9.47 Å². The molecule has 5 rings (SSSR count). The van der Waals surface area contributed by atoms with Crippen molar-refractivity contribution in [3.8, 4) is 17.0 Å². The molecule has 1 saturated carbocycles. The average molecular weight is 420 g/mol. The number of nitro groups is 1. The van der Waals surface area contributed by atoms with Gasteiger partial charge >= 0.3 is 11.7 Å². The summed E-state index contributed by atoms with van der Waals surface area (Å²) >= 11 is 0. The normalized spacial score (nSPS) is 16.2. The van der Waals surface area contributed by atoms with Gasteiger partial charge in [-0.05, 0) is 42.5 Å². The first kappa shape index (κ1) is 19.6. The number of methoxy groups -OCH3 is 1. The molecule has 0 spiro atoms. The highest BCUT2D eigenvalue weighted by Crippen LogP contribution is 2.49. The smallest absolute Gasteiger partial charge is 0.337 e. The molecule has 0 bridgehead atoms. The maximum absolute atomic E-state index is 12.2. The Morgan fingerprint density at radius 2 is 2.00 bits per heavy atom. The lowest BCUT2D eigenvalue weighted by Crippen LogP contribution is -2.07. The van der Waals surface area contributed by atoms with Crippen LogP contribution in [0.15, 0.2) is 36.4 Å². The molecule has 7 heteroatoms. The molecular formula is C24H24N2O5. The van der Waals surface area contributed by atoms with Gasteiger partial charge in [-0.15, -0.1) is 0 Å². The Bertz CT molecular complexity index is 1190. The minimum atomic E-state index is -0.382. The van der Waals surface area contributed by atoms with E-state index in [-0.39, 0.29) is 16.6 Å². The van der Waals surface area contributed by atoms with E-state index < -0.39 is 0 Å². The van der Waals surface area contributed by atoms with E-state index in [1.54, 1.807) is 6.07 Å². The Hall–Kier alpha value is -3.35. The van der Waals surface area contributed by atoms with Crippen molar-refractivity contribution in [2.45, 2.75) is 44.6 Å². The molecule has 2 aliphatic rings. The maximum Gasteiger partial charge on any atom is 0.337 e. The summed E-state index contributed by atoms with van der Waals surface area (Å²) < 4.78 is 13.0. The minimum absolute atomic E-state index is 0.0129. The molecule has 3 aromatic rings. The summed E-state index contributed by atoms with van der Waals surface area (Å²) in [5, 5.41) is 12.8. The van der Waals surface area contributed by atoms with Gasteiger partial charge in [-0.25, -0.2) is 4.79 Å². The number of ether oxygens (including phenoxy) is 2. The quantitative estimate of drug-likeness (QED) is 0.320. The van der Waals surface area contributed by atoms with Crippen LogP contribution in [-0.4, -0.2) is 29.2 Å². The van der Waals surface area contributed by atoms with Gasteiger partial charge in [-0.2, -0.15) is 0 Å². The Labute approximate surface area is 179 Å². The van der Waals surface area contributed by atoms with Gasteiger partial charge in [-0.1, -0.05) is 31.4 Å². The van der Waals surface area contributed by atoms with Gasteiger partial charge in [-0.3, -0.25) is 10.1 Å². The van der Waals surface area contributed by atoms with E-state index >= 15 is 0 Å². The summed E-state index contributed by atoms with van der Waals surface area (Å²) in [6.45, 7) is 0.871. The van der Waals surface area contributed by atoms with Crippen LogP contribution in [0, 0.1) is 10.1 Å². The molecule has 160 valence electrons. The number of nitrogens with zero attached hydrogens (tertiary/aromatic N) is 2. The third-order valence-electron chi connectivity index (χ3n) is 6.55. The molecule has 31 heavy (non-hydrogen) atoms. The second-order valence-electron chi connectivity index (χ2n) is 8.23. The number of hydrogen-bond acceptors (Lipinski definition) is 5. The Balaban J connectivity index is 1.83. The van der Waals surface area contributed by atoms with Gasteiger partial charge in [0.2, 0.25) is 5.75 Å². The highest BCUT2D eigenvalue weighted by Gasteiger charge is 2.32. The molecule has 0 saturated heterocycles. The maximum atomic E-state index is 12.2. The van der Waals surface area contributed by atoms with Gasteiger partial charge < -0.3 is 14.0 Å². The zero-order valence-corrected chi connectivity index (χ0v) is 17.4. The topological polar surface area (TPSA) is 83.6 Å². The highest BCUT2D eigenvalue weighted by atomic mass is 16.6. The molecule has 1 aliphatic heterocycles. The van der Waals surface area contributed by atoms with Crippen LogP contribution in [0.3, 0.4) is 0 Å². The standard InChI is InChI=1S/C24H24N2O5/c1-30-24(27)16-10-11-17-20(14-16)25-12-13-31-23-18(8-5-9-19(23)26(28)29)22(25)21(17)15-6-3-2-4-7-15/h5,8-11,14-15H,2-4,6-7,12-13H2,1H3. The average Bonchev–Trinajstić information content (AvgIpc) is 2.99. The van der Waals surface area contributed by atoms with Crippen LogP contribution in [0.4, 0.5) is 5.69 Å². The number of nitro benzene ring substituents is 1. The van der Waals surface area contributed by atoms with Gasteiger partial charge in [0.05, 0.1) is 29.8 Å². The number of esters is 1. The van der Waals surface area contributed by atoms with E-state index in [0.29, 0.717) is 30.4 Å². The van der Waals surface area contributed by atoms with Crippen LogP contribution in [-0.2, 0) is 11.3 Å². The number of carbonyl (C=O) groups is 1. The first-order chi connectivity index (χ1) is 15.1. The third kappa shape index (κ3) is 3.15. The summed E-state index contributed by atoms with van der Waals surface area (Å²) in [4.78, 5) is 23.5. The van der Waals surface area contributed by atoms with E-state index in [0.717, 1.165) is 35.0 Å². The van der Waals surface area contributed by atoms with E-state index in [1.807, 2.05) is 24.3 Å². The van der Waals surface area contributed by atoms with Crippen molar-refractivity contribution in [2.75, 3.05) is 13.7 Å². The number of para-hydroxylation sites is 1. The molecule has 0 atom stereocenters. The fourth-order valence-corrected chi connectivity index (χ4v) is 5.19. The van der Waals surface area contributed by atoms with Gasteiger partial charge in [0.1, 0.15) is 6.61 Å². The van der Waals surface area contributed by atoms with Crippen molar-refractivity contribution >= 4 is 22.6 Å². The van der Waals surface area contributed by atoms with Gasteiger partial charge in [0, 0.05) is 22.5 Å². The molecule has 7 nitrogen and oxygen atoms in total. The minimum Gasteiger partial charge on any atom is -0.484 e. The number of fused-ring (bicyclic) bond motifs is 5. The highest BCUT2D eigenvalue weighted by molar-refractivity contribution is 5.99. The summed E-state index contributed by atoms with van der Waals surface area (Å²) in [6, 6.07) is 10.8. The predicted molar refractivity (Wildman–Crippen MR) is 117 cm³/mol. The molecule has 0 unspecified atom stereocenters. The summed E-state index contributed by atoms with van der Waals surface area (Å²) in [7, 11) is 1.38. The fraction of sp³-hybridized carbons (Fsp3) is 0.375. The van der Waals surface area contributed by atoms with E-state index in [2.05, 4.69) is 4.57 Å². The van der Waals surface area contributed by atoms with E-state index in [9.17, 15) is 14.9 Å². The molecule has 1 aliphatic carbocycles. The van der Waals surface area contributed by atoms with Crippen LogP contribution < -0.4 is 4.74 Å². The van der Waals surface area contributed by atoms with Crippen LogP contribution >= 0.6 is 0 Å². The van der Waals surface area contributed by atoms with Crippen LogP contribution in [0.1, 0.15) is 53.9 Å². The zero-order chi connectivity index (χ0) is 21.5. The molecule has 1 aromatic heterocycles. The first-order valence-electron chi connectivity index (χ1n) is 10.7. The Kier molecular flexibility index (Phi) is 4.88. The van der Waals surface area contributed by atoms with Crippen LogP contribution in [0.5, 0.6) is 5.75 Å². The number of aromatic nitrogens is 1. The summed E-state index contributed by atoms with van der Waals surface area (Å²) in [5.74, 6) is 0.332. The second kappa shape index (κ2) is 7.72. The van der Waals surface area contributed by atoms with Crippen molar-refractivity contribution in [3.63, 3.8) is 0 Å². The van der Waals surface area contributed by atoms with Gasteiger partial charge in [0.15, 0.2) is 0 Å². The third-order valence-corrected chi connectivity index (χ3v) is 6.55. The number of carbonyl (C=O) groups excluding carboxylic acids is 1. The second-order valence-corrected chi connectivity index (χ2v) is 8.23. The Morgan fingerprint density at radius 1 is 1.19 bits per heavy atom.